The summed E-state index contributed by atoms with van der Waals surface area (Å²) in [5.74, 6) is 2.06. The Morgan fingerprint density at radius 3 is 2.76 bits per heavy atom. The van der Waals surface area contributed by atoms with Crippen LogP contribution in [0.5, 0.6) is 0 Å². The first-order chi connectivity index (χ1) is 12.0. The molecule has 3 heterocycles. The summed E-state index contributed by atoms with van der Waals surface area (Å²) in [6, 6.07) is 2.62. The van der Waals surface area contributed by atoms with Crippen LogP contribution in [-0.2, 0) is 0 Å². The van der Waals surface area contributed by atoms with Crippen molar-refractivity contribution >= 4 is 40.1 Å². The first-order valence-corrected chi connectivity index (χ1v) is 9.02. The normalized spacial score (nSPS) is 15.7. The second-order valence-electron chi connectivity index (χ2n) is 6.94. The van der Waals surface area contributed by atoms with Gasteiger partial charge in [0.1, 0.15) is 11.5 Å². The second-order valence-corrected chi connectivity index (χ2v) is 7.30. The van der Waals surface area contributed by atoms with Gasteiger partial charge in [0, 0.05) is 18.3 Å². The van der Waals surface area contributed by atoms with Crippen molar-refractivity contribution in [2.75, 3.05) is 10.6 Å². The summed E-state index contributed by atoms with van der Waals surface area (Å²) in [6.07, 6.45) is 6.31. The maximum absolute atomic E-state index is 6.24. The first kappa shape index (κ1) is 16.2. The first-order valence-electron chi connectivity index (χ1n) is 8.64. The lowest BCUT2D eigenvalue weighted by atomic mass is 10.2. The van der Waals surface area contributed by atoms with Crippen molar-refractivity contribution in [3.05, 3.63) is 23.6 Å². The van der Waals surface area contributed by atoms with E-state index < -0.39 is 0 Å². The number of hydrogen-bond donors (Lipinski definition) is 3. The molecule has 0 unspecified atom stereocenters. The maximum atomic E-state index is 6.24. The molecule has 7 nitrogen and oxygen atoms in total. The molecule has 1 atom stereocenters. The molecule has 0 aliphatic heterocycles. The maximum Gasteiger partial charge on any atom is 0.231 e. The summed E-state index contributed by atoms with van der Waals surface area (Å²) in [5.41, 5.74) is 1.48. The zero-order valence-electron chi connectivity index (χ0n) is 14.5. The molecule has 1 aliphatic carbocycles. The average molecular weight is 360 g/mol. The molecule has 3 N–H and O–H groups in total. The van der Waals surface area contributed by atoms with E-state index in [2.05, 4.69) is 51.5 Å². The zero-order chi connectivity index (χ0) is 17.6. The molecule has 0 saturated heterocycles. The van der Waals surface area contributed by atoms with Gasteiger partial charge in [0.2, 0.25) is 5.95 Å². The van der Waals surface area contributed by atoms with Gasteiger partial charge in [0.15, 0.2) is 5.15 Å². The summed E-state index contributed by atoms with van der Waals surface area (Å²) >= 11 is 6.24. The number of aromatic amines is 1. The van der Waals surface area contributed by atoms with Crippen LogP contribution in [0.1, 0.15) is 39.7 Å². The fourth-order valence-corrected chi connectivity index (χ4v) is 3.06. The fourth-order valence-electron chi connectivity index (χ4n) is 2.88. The molecular weight excluding hydrogens is 338 g/mol. The van der Waals surface area contributed by atoms with E-state index in [1.165, 1.54) is 12.8 Å². The summed E-state index contributed by atoms with van der Waals surface area (Å²) < 4.78 is 1.81. The van der Waals surface area contributed by atoms with Crippen molar-refractivity contribution < 1.29 is 0 Å². The van der Waals surface area contributed by atoms with Crippen molar-refractivity contribution in [1.29, 1.82) is 0 Å². The number of halogens is 1. The summed E-state index contributed by atoms with van der Waals surface area (Å²) in [7, 11) is 0. The molecule has 25 heavy (non-hydrogen) atoms. The molecule has 132 valence electrons. The number of H-pyrrole nitrogens is 1. The van der Waals surface area contributed by atoms with Crippen molar-refractivity contribution in [2.24, 2.45) is 5.92 Å². The van der Waals surface area contributed by atoms with Gasteiger partial charge in [-0.05, 0) is 45.6 Å². The Balaban J connectivity index is 1.65. The highest BCUT2D eigenvalue weighted by Gasteiger charge is 2.28. The van der Waals surface area contributed by atoms with E-state index in [4.69, 9.17) is 11.6 Å². The molecule has 0 spiro atoms. The third-order valence-corrected chi connectivity index (χ3v) is 4.85. The molecule has 8 heteroatoms. The van der Waals surface area contributed by atoms with Gasteiger partial charge in [0.05, 0.1) is 17.3 Å². The Bertz CT molecular complexity index is 894. The molecule has 1 aliphatic rings. The third kappa shape index (κ3) is 3.28. The minimum absolute atomic E-state index is 0.233. The van der Waals surface area contributed by atoms with Crippen LogP contribution in [0.2, 0.25) is 5.15 Å². The molecule has 1 fully saturated rings. The standard InChI is InChI=1S/C17H22ClN7/c1-9(2)25-8-13(14(18)24-25)21-17-22-15-12(6-7-19-15)16(23-17)20-10(3)11-4-5-11/h6-11H,4-5H2,1-3H3,(H3,19,20,21,22,23)/t10-/m0/s1. The van der Waals surface area contributed by atoms with E-state index in [0.717, 1.165) is 22.8 Å². The molecule has 0 amide bonds. The van der Waals surface area contributed by atoms with Crippen molar-refractivity contribution in [3.8, 4) is 0 Å². The highest BCUT2D eigenvalue weighted by molar-refractivity contribution is 6.32. The number of rotatable bonds is 6. The van der Waals surface area contributed by atoms with Crippen LogP contribution in [0, 0.1) is 5.92 Å². The summed E-state index contributed by atoms with van der Waals surface area (Å²) in [4.78, 5) is 12.4. The van der Waals surface area contributed by atoms with Crippen LogP contribution in [0.3, 0.4) is 0 Å². The molecule has 0 aromatic carbocycles. The van der Waals surface area contributed by atoms with Gasteiger partial charge in [-0.1, -0.05) is 11.6 Å². The van der Waals surface area contributed by atoms with Gasteiger partial charge in [0.25, 0.3) is 0 Å². The van der Waals surface area contributed by atoms with Crippen LogP contribution in [-0.4, -0.2) is 30.8 Å². The largest absolute Gasteiger partial charge is 0.367 e. The molecule has 3 aromatic heterocycles. The van der Waals surface area contributed by atoms with Crippen molar-refractivity contribution in [3.63, 3.8) is 0 Å². The highest BCUT2D eigenvalue weighted by atomic mass is 35.5. The molecule has 3 aromatic rings. The van der Waals surface area contributed by atoms with Gasteiger partial charge in [-0.2, -0.15) is 15.1 Å². The van der Waals surface area contributed by atoms with Gasteiger partial charge < -0.3 is 15.6 Å². The summed E-state index contributed by atoms with van der Waals surface area (Å²) in [6.45, 7) is 6.31. The fraction of sp³-hybridized carbons (Fsp3) is 0.471. The molecular formula is C17H22ClN7. The van der Waals surface area contributed by atoms with E-state index >= 15 is 0 Å². The Labute approximate surface area is 151 Å². The van der Waals surface area contributed by atoms with E-state index in [9.17, 15) is 0 Å². The van der Waals surface area contributed by atoms with Crippen molar-refractivity contribution in [1.82, 2.24) is 24.7 Å². The minimum Gasteiger partial charge on any atom is -0.367 e. The molecule has 4 rings (SSSR count). The Morgan fingerprint density at radius 1 is 1.28 bits per heavy atom. The summed E-state index contributed by atoms with van der Waals surface area (Å²) in [5, 5.41) is 12.4. The second kappa shape index (κ2) is 6.22. The average Bonchev–Trinajstić information content (AvgIpc) is 3.20. The van der Waals surface area contributed by atoms with E-state index in [1.54, 1.807) is 0 Å². The predicted molar refractivity (Wildman–Crippen MR) is 101 cm³/mol. The van der Waals surface area contributed by atoms with Crippen LogP contribution in [0.4, 0.5) is 17.5 Å². The Kier molecular flexibility index (Phi) is 4.03. The van der Waals surface area contributed by atoms with Gasteiger partial charge in [-0.3, -0.25) is 4.68 Å². The van der Waals surface area contributed by atoms with Crippen LogP contribution < -0.4 is 10.6 Å². The SMILES string of the molecule is CC(C)n1cc(Nc2nc(N[C@@H](C)C3CC3)c3cc[nH]c3n2)c(Cl)n1. The monoisotopic (exact) mass is 359 g/mol. The number of nitrogens with one attached hydrogen (secondary N) is 3. The molecule has 1 saturated carbocycles. The molecule has 0 bridgehead atoms. The van der Waals surface area contributed by atoms with Gasteiger partial charge >= 0.3 is 0 Å². The van der Waals surface area contributed by atoms with Crippen LogP contribution in [0.25, 0.3) is 11.0 Å². The van der Waals surface area contributed by atoms with E-state index in [1.807, 2.05) is 23.1 Å². The quantitative estimate of drug-likeness (QED) is 0.609. The number of nitrogens with zero attached hydrogens (tertiary/aromatic N) is 4. The van der Waals surface area contributed by atoms with E-state index in [0.29, 0.717) is 22.8 Å². The number of anilines is 3. The van der Waals surface area contributed by atoms with E-state index in [-0.39, 0.29) is 6.04 Å². The number of fused-ring (bicyclic) bond motifs is 1. The minimum atomic E-state index is 0.233. The van der Waals surface area contributed by atoms with Crippen molar-refractivity contribution in [2.45, 2.75) is 45.7 Å². The topological polar surface area (TPSA) is 83.5 Å². The zero-order valence-corrected chi connectivity index (χ0v) is 15.3. The Hall–Kier alpha value is -2.28. The lowest BCUT2D eigenvalue weighted by Gasteiger charge is -2.15. The van der Waals surface area contributed by atoms with Crippen LogP contribution >= 0.6 is 11.6 Å². The van der Waals surface area contributed by atoms with Gasteiger partial charge in [-0.15, -0.1) is 0 Å². The smallest absolute Gasteiger partial charge is 0.231 e. The van der Waals surface area contributed by atoms with Gasteiger partial charge in [-0.25, -0.2) is 0 Å². The molecule has 0 radical (unpaired) electrons. The number of aromatic nitrogens is 5. The third-order valence-electron chi connectivity index (χ3n) is 4.57. The predicted octanol–water partition coefficient (Wildman–Crippen LogP) is 4.34. The Morgan fingerprint density at radius 2 is 2.08 bits per heavy atom. The van der Waals surface area contributed by atoms with Crippen LogP contribution in [0.15, 0.2) is 18.5 Å². The highest BCUT2D eigenvalue weighted by Crippen LogP contribution is 2.35. The lowest BCUT2D eigenvalue weighted by Crippen LogP contribution is -2.18. The lowest BCUT2D eigenvalue weighted by molar-refractivity contribution is 0.533. The number of hydrogen-bond acceptors (Lipinski definition) is 5.